The second-order valence-electron chi connectivity index (χ2n) is 5.75. The number of hydrogen-bond donors (Lipinski definition) is 0. The minimum atomic E-state index is -0.103. The topological polar surface area (TPSA) is 64.4 Å². The summed E-state index contributed by atoms with van der Waals surface area (Å²) in [7, 11) is 0. The van der Waals surface area contributed by atoms with Crippen molar-refractivity contribution in [2.75, 3.05) is 26.2 Å². The number of hydrogen-bond acceptors (Lipinski definition) is 4. The summed E-state index contributed by atoms with van der Waals surface area (Å²) >= 11 is 7.31. The average Bonchev–Trinajstić information content (AvgIpc) is 3.06. The highest BCUT2D eigenvalue weighted by atomic mass is 35.5. The van der Waals surface area contributed by atoms with Gasteiger partial charge in [0, 0.05) is 36.6 Å². The molecule has 0 saturated carbocycles. The van der Waals surface area contributed by atoms with Crippen molar-refractivity contribution in [2.24, 2.45) is 0 Å². The van der Waals surface area contributed by atoms with Crippen molar-refractivity contribution in [1.29, 1.82) is 5.26 Å². The van der Waals surface area contributed by atoms with Gasteiger partial charge in [0.1, 0.15) is 0 Å². The second-order valence-corrected chi connectivity index (χ2v) is 7.55. The molecule has 1 aliphatic heterocycles. The van der Waals surface area contributed by atoms with Crippen molar-refractivity contribution >= 4 is 34.8 Å². The van der Waals surface area contributed by atoms with E-state index in [0.29, 0.717) is 48.1 Å². The summed E-state index contributed by atoms with van der Waals surface area (Å²) in [6.45, 7) is 2.02. The fraction of sp³-hybridized carbons (Fsp3) is 0.278. The smallest absolute Gasteiger partial charge is 0.254 e. The summed E-state index contributed by atoms with van der Waals surface area (Å²) in [5, 5.41) is 8.95. The summed E-state index contributed by atoms with van der Waals surface area (Å²) in [6, 6.07) is 12.4. The van der Waals surface area contributed by atoms with E-state index >= 15 is 0 Å². The van der Waals surface area contributed by atoms with Gasteiger partial charge in [0.25, 0.3) is 5.91 Å². The highest BCUT2D eigenvalue weighted by Crippen LogP contribution is 2.22. The number of carbonyl (C=O) groups excluding carboxylic acids is 2. The molecule has 0 N–H and O–H groups in total. The first-order valence-electron chi connectivity index (χ1n) is 7.88. The van der Waals surface area contributed by atoms with E-state index in [-0.39, 0.29) is 11.8 Å². The maximum atomic E-state index is 12.5. The molecule has 0 aliphatic carbocycles. The molecule has 1 aromatic carbocycles. The van der Waals surface area contributed by atoms with Gasteiger partial charge in [-0.1, -0.05) is 17.7 Å². The molecule has 1 aliphatic rings. The lowest BCUT2D eigenvalue weighted by Gasteiger charge is -2.34. The predicted molar refractivity (Wildman–Crippen MR) is 96.7 cm³/mol. The van der Waals surface area contributed by atoms with Crippen LogP contribution in [0.1, 0.15) is 20.8 Å². The lowest BCUT2D eigenvalue weighted by Crippen LogP contribution is -2.51. The zero-order valence-electron chi connectivity index (χ0n) is 13.4. The molecule has 0 bridgehead atoms. The number of rotatable bonds is 3. The van der Waals surface area contributed by atoms with E-state index in [9.17, 15) is 9.59 Å². The third-order valence-corrected chi connectivity index (χ3v) is 5.34. The Balaban J connectivity index is 1.56. The van der Waals surface area contributed by atoms with Crippen molar-refractivity contribution < 1.29 is 9.59 Å². The minimum absolute atomic E-state index is 0.0529. The van der Waals surface area contributed by atoms with Crippen LogP contribution in [0.5, 0.6) is 0 Å². The number of halogens is 1. The summed E-state index contributed by atoms with van der Waals surface area (Å²) in [5.41, 5.74) is 0.973. The fourth-order valence-electron chi connectivity index (χ4n) is 2.77. The molecule has 1 fully saturated rings. The van der Waals surface area contributed by atoms with Gasteiger partial charge in [0.15, 0.2) is 0 Å². The van der Waals surface area contributed by atoms with Crippen LogP contribution in [0.4, 0.5) is 0 Å². The standard InChI is InChI=1S/C18H16ClN3O2S/c19-16-5-4-15(25-16)11-17(23)21-6-8-22(9-7-21)18(24)14-3-1-2-13(10-14)12-20/h1-5,10H,6-9,11H2. The minimum Gasteiger partial charge on any atom is -0.339 e. The lowest BCUT2D eigenvalue weighted by molar-refractivity contribution is -0.131. The Kier molecular flexibility index (Phi) is 5.37. The number of piperazine rings is 1. The van der Waals surface area contributed by atoms with Crippen molar-refractivity contribution in [3.05, 3.63) is 56.7 Å². The van der Waals surface area contributed by atoms with Crippen LogP contribution in [0.15, 0.2) is 36.4 Å². The number of nitrogens with zero attached hydrogens (tertiary/aromatic N) is 3. The molecule has 0 spiro atoms. The molecule has 1 aromatic heterocycles. The third kappa shape index (κ3) is 4.19. The second kappa shape index (κ2) is 7.68. The number of carbonyl (C=O) groups is 2. The lowest BCUT2D eigenvalue weighted by atomic mass is 10.1. The van der Waals surface area contributed by atoms with E-state index in [1.165, 1.54) is 11.3 Å². The average molecular weight is 374 g/mol. The Hall–Kier alpha value is -2.36. The van der Waals surface area contributed by atoms with Crippen LogP contribution in [0.2, 0.25) is 4.34 Å². The zero-order chi connectivity index (χ0) is 17.8. The molecule has 0 unspecified atom stereocenters. The molecule has 128 valence electrons. The Bertz CT molecular complexity index is 835. The van der Waals surface area contributed by atoms with E-state index in [1.54, 1.807) is 40.1 Å². The predicted octanol–water partition coefficient (Wildman–Crippen LogP) is 2.80. The Morgan fingerprint density at radius 1 is 1.12 bits per heavy atom. The molecular formula is C18H16ClN3O2S. The van der Waals surface area contributed by atoms with Crippen molar-refractivity contribution in [3.63, 3.8) is 0 Å². The van der Waals surface area contributed by atoms with Gasteiger partial charge in [-0.3, -0.25) is 9.59 Å². The van der Waals surface area contributed by atoms with E-state index in [4.69, 9.17) is 16.9 Å². The van der Waals surface area contributed by atoms with Gasteiger partial charge >= 0.3 is 0 Å². The summed E-state index contributed by atoms with van der Waals surface area (Å²) in [5.74, 6) is -0.0497. The molecule has 7 heteroatoms. The summed E-state index contributed by atoms with van der Waals surface area (Å²) < 4.78 is 0.679. The van der Waals surface area contributed by atoms with Gasteiger partial charge in [-0.25, -0.2) is 0 Å². The number of thiophene rings is 1. The van der Waals surface area contributed by atoms with Crippen LogP contribution in [-0.2, 0) is 11.2 Å². The maximum Gasteiger partial charge on any atom is 0.254 e. The fourth-order valence-corrected chi connectivity index (χ4v) is 3.85. The Morgan fingerprint density at radius 3 is 2.48 bits per heavy atom. The Morgan fingerprint density at radius 2 is 1.84 bits per heavy atom. The van der Waals surface area contributed by atoms with Crippen LogP contribution in [0.3, 0.4) is 0 Å². The number of benzene rings is 1. The van der Waals surface area contributed by atoms with Crippen molar-refractivity contribution in [2.45, 2.75) is 6.42 Å². The Labute approximate surface area is 155 Å². The van der Waals surface area contributed by atoms with Gasteiger partial charge in [0.2, 0.25) is 5.91 Å². The molecule has 0 radical (unpaired) electrons. The van der Waals surface area contributed by atoms with Crippen LogP contribution >= 0.6 is 22.9 Å². The SMILES string of the molecule is N#Cc1cccc(C(=O)N2CCN(C(=O)Cc3ccc(Cl)s3)CC2)c1. The first-order valence-corrected chi connectivity index (χ1v) is 9.07. The van der Waals surface area contributed by atoms with Crippen LogP contribution in [0.25, 0.3) is 0 Å². The van der Waals surface area contributed by atoms with Crippen LogP contribution in [-0.4, -0.2) is 47.8 Å². The van der Waals surface area contributed by atoms with E-state index in [2.05, 4.69) is 0 Å². The van der Waals surface area contributed by atoms with Gasteiger partial charge in [-0.15, -0.1) is 11.3 Å². The molecule has 0 atom stereocenters. The monoisotopic (exact) mass is 373 g/mol. The van der Waals surface area contributed by atoms with Gasteiger partial charge < -0.3 is 9.80 Å². The van der Waals surface area contributed by atoms with Crippen molar-refractivity contribution in [1.82, 2.24) is 9.80 Å². The third-order valence-electron chi connectivity index (χ3n) is 4.11. The maximum absolute atomic E-state index is 12.5. The number of nitriles is 1. The zero-order valence-corrected chi connectivity index (χ0v) is 15.0. The molecule has 5 nitrogen and oxygen atoms in total. The molecular weight excluding hydrogens is 358 g/mol. The number of amides is 2. The molecule has 3 rings (SSSR count). The molecule has 2 heterocycles. The molecule has 2 aromatic rings. The van der Waals surface area contributed by atoms with Crippen LogP contribution in [0, 0.1) is 11.3 Å². The largest absolute Gasteiger partial charge is 0.339 e. The first kappa shape index (κ1) is 17.5. The quantitative estimate of drug-likeness (QED) is 0.831. The van der Waals surface area contributed by atoms with E-state index in [1.807, 2.05) is 12.1 Å². The molecule has 25 heavy (non-hydrogen) atoms. The molecule has 2 amide bonds. The van der Waals surface area contributed by atoms with Gasteiger partial charge in [-0.2, -0.15) is 5.26 Å². The highest BCUT2D eigenvalue weighted by molar-refractivity contribution is 7.16. The first-order chi connectivity index (χ1) is 12.1. The normalized spacial score (nSPS) is 14.2. The van der Waals surface area contributed by atoms with Crippen LogP contribution < -0.4 is 0 Å². The summed E-state index contributed by atoms with van der Waals surface area (Å²) in [4.78, 5) is 29.3. The van der Waals surface area contributed by atoms with Gasteiger partial charge in [-0.05, 0) is 30.3 Å². The highest BCUT2D eigenvalue weighted by Gasteiger charge is 2.25. The van der Waals surface area contributed by atoms with Gasteiger partial charge in [0.05, 0.1) is 22.4 Å². The van der Waals surface area contributed by atoms with Crippen molar-refractivity contribution in [3.8, 4) is 6.07 Å². The van der Waals surface area contributed by atoms with E-state index in [0.717, 1.165) is 4.88 Å². The van der Waals surface area contributed by atoms with E-state index < -0.39 is 0 Å². The molecule has 1 saturated heterocycles. The summed E-state index contributed by atoms with van der Waals surface area (Å²) in [6.07, 6.45) is 0.343.